The molecular formula is C18H18O5S. The lowest BCUT2D eigenvalue weighted by molar-refractivity contribution is -0.0830. The Bertz CT molecular complexity index is 909. The average Bonchev–Trinajstić information content (AvgIpc) is 2.53. The predicted octanol–water partition coefficient (Wildman–Crippen LogP) is 2.92. The lowest BCUT2D eigenvalue weighted by Crippen LogP contribution is -2.39. The molecule has 0 saturated carbocycles. The molecule has 0 aromatic heterocycles. The molecule has 0 spiro atoms. The summed E-state index contributed by atoms with van der Waals surface area (Å²) in [4.78, 5) is -0.103. The Morgan fingerprint density at radius 3 is 2.42 bits per heavy atom. The fraction of sp³-hybridized carbons (Fsp3) is 0.222. The molecule has 1 aliphatic heterocycles. The van der Waals surface area contributed by atoms with E-state index in [2.05, 4.69) is 0 Å². The smallest absolute Gasteiger partial charge is 0.243 e. The van der Waals surface area contributed by atoms with E-state index < -0.39 is 15.6 Å². The first-order chi connectivity index (χ1) is 11.2. The second-order valence-electron chi connectivity index (χ2n) is 5.81. The van der Waals surface area contributed by atoms with Gasteiger partial charge in [-0.2, -0.15) is 0 Å². The van der Waals surface area contributed by atoms with Crippen LogP contribution in [-0.2, 0) is 9.84 Å². The lowest BCUT2D eigenvalue weighted by atomic mass is 10.1. The molecule has 24 heavy (non-hydrogen) atoms. The van der Waals surface area contributed by atoms with Crippen LogP contribution in [0.3, 0.4) is 0 Å². The van der Waals surface area contributed by atoms with Crippen molar-refractivity contribution in [3.63, 3.8) is 0 Å². The summed E-state index contributed by atoms with van der Waals surface area (Å²) in [6, 6.07) is 11.4. The highest BCUT2D eigenvalue weighted by Crippen LogP contribution is 2.40. The summed E-state index contributed by atoms with van der Waals surface area (Å²) in [5.41, 5.74) is 1.48. The first kappa shape index (κ1) is 16.5. The Hall–Kier alpha value is -2.31. The highest BCUT2D eigenvalue weighted by molar-refractivity contribution is 7.95. The van der Waals surface area contributed by atoms with Crippen LogP contribution in [0.15, 0.2) is 52.3 Å². The summed E-state index contributed by atoms with van der Waals surface area (Å²) in [5.74, 6) is -0.989. The van der Waals surface area contributed by atoms with Crippen LogP contribution in [-0.4, -0.2) is 26.4 Å². The molecule has 1 heterocycles. The fourth-order valence-electron chi connectivity index (χ4n) is 2.57. The number of aliphatic hydroxyl groups is 1. The number of methoxy groups -OCH3 is 1. The van der Waals surface area contributed by atoms with Crippen LogP contribution in [0.25, 0.3) is 6.08 Å². The van der Waals surface area contributed by atoms with Crippen LogP contribution in [0.4, 0.5) is 0 Å². The summed E-state index contributed by atoms with van der Waals surface area (Å²) in [5, 5.41) is 10.6. The first-order valence-electron chi connectivity index (χ1n) is 7.37. The summed E-state index contributed by atoms with van der Waals surface area (Å²) < 4.78 is 36.5. The minimum atomic E-state index is -3.90. The molecule has 1 atom stereocenters. The number of hydrogen-bond donors (Lipinski definition) is 1. The van der Waals surface area contributed by atoms with Crippen LogP contribution in [0.1, 0.15) is 18.1 Å². The number of rotatable bonds is 3. The fourth-order valence-corrected chi connectivity index (χ4v) is 4.14. The maximum Gasteiger partial charge on any atom is 0.243 e. The SMILES string of the molecule is COc1ccc2c(c1)C=C(S(=O)(=O)c1ccc(C)cc1)C(C)(O)O2. The van der Waals surface area contributed by atoms with E-state index in [1.807, 2.05) is 6.92 Å². The third-order valence-corrected chi connectivity index (χ3v) is 5.86. The van der Waals surface area contributed by atoms with E-state index in [-0.39, 0.29) is 9.80 Å². The van der Waals surface area contributed by atoms with Crippen LogP contribution in [0.2, 0.25) is 0 Å². The molecule has 1 aliphatic rings. The first-order valence-corrected chi connectivity index (χ1v) is 8.86. The Balaban J connectivity index is 2.16. The van der Waals surface area contributed by atoms with Gasteiger partial charge in [0.25, 0.3) is 0 Å². The maximum absolute atomic E-state index is 12.9. The summed E-state index contributed by atoms with van der Waals surface area (Å²) in [7, 11) is -2.38. The largest absolute Gasteiger partial charge is 0.497 e. The molecule has 126 valence electrons. The molecule has 0 amide bonds. The molecular weight excluding hydrogens is 328 g/mol. The van der Waals surface area contributed by atoms with Crippen molar-refractivity contribution in [3.8, 4) is 11.5 Å². The van der Waals surface area contributed by atoms with Gasteiger partial charge in [0.05, 0.1) is 12.0 Å². The molecule has 6 heteroatoms. The van der Waals surface area contributed by atoms with Gasteiger partial charge in [0.1, 0.15) is 16.4 Å². The third-order valence-electron chi connectivity index (χ3n) is 3.89. The van der Waals surface area contributed by atoms with E-state index in [1.54, 1.807) is 30.3 Å². The predicted molar refractivity (Wildman–Crippen MR) is 90.6 cm³/mol. The minimum absolute atomic E-state index is 0.106. The van der Waals surface area contributed by atoms with Crippen molar-refractivity contribution in [1.82, 2.24) is 0 Å². The van der Waals surface area contributed by atoms with E-state index in [0.29, 0.717) is 17.1 Å². The van der Waals surface area contributed by atoms with E-state index in [4.69, 9.17) is 9.47 Å². The molecule has 2 aromatic rings. The Labute approximate surface area is 141 Å². The normalized spacial score (nSPS) is 19.9. The van der Waals surface area contributed by atoms with Crippen molar-refractivity contribution < 1.29 is 23.0 Å². The molecule has 0 radical (unpaired) electrons. The van der Waals surface area contributed by atoms with Crippen LogP contribution in [0, 0.1) is 6.92 Å². The van der Waals surface area contributed by atoms with Gasteiger partial charge in [-0.1, -0.05) is 17.7 Å². The molecule has 0 saturated heterocycles. The number of ether oxygens (including phenoxy) is 2. The number of benzene rings is 2. The standard InChI is InChI=1S/C18H18O5S/c1-12-4-7-15(8-5-12)24(20,21)17-11-13-10-14(22-3)6-9-16(13)23-18(17,2)19/h4-11,19H,1-3H3. The van der Waals surface area contributed by atoms with Crippen molar-refractivity contribution in [2.45, 2.75) is 24.5 Å². The monoisotopic (exact) mass is 346 g/mol. The van der Waals surface area contributed by atoms with E-state index in [1.165, 1.54) is 32.2 Å². The van der Waals surface area contributed by atoms with Crippen LogP contribution >= 0.6 is 0 Å². The molecule has 1 unspecified atom stereocenters. The highest BCUT2D eigenvalue weighted by atomic mass is 32.2. The molecule has 2 aromatic carbocycles. The number of hydrogen-bond acceptors (Lipinski definition) is 5. The zero-order valence-corrected chi connectivity index (χ0v) is 14.4. The van der Waals surface area contributed by atoms with Gasteiger partial charge in [0, 0.05) is 12.5 Å². The Kier molecular flexibility index (Phi) is 3.89. The van der Waals surface area contributed by atoms with Crippen LogP contribution < -0.4 is 9.47 Å². The van der Waals surface area contributed by atoms with Crippen molar-refractivity contribution in [2.24, 2.45) is 0 Å². The summed E-state index contributed by atoms with van der Waals surface area (Å²) >= 11 is 0. The zero-order valence-electron chi connectivity index (χ0n) is 13.6. The second-order valence-corrected chi connectivity index (χ2v) is 7.73. The maximum atomic E-state index is 12.9. The molecule has 0 bridgehead atoms. The van der Waals surface area contributed by atoms with Crippen LogP contribution in [0.5, 0.6) is 11.5 Å². The van der Waals surface area contributed by atoms with Gasteiger partial charge in [-0.05, 0) is 43.3 Å². The second kappa shape index (κ2) is 5.65. The molecule has 1 N–H and O–H groups in total. The van der Waals surface area contributed by atoms with E-state index in [0.717, 1.165) is 5.56 Å². The lowest BCUT2D eigenvalue weighted by Gasteiger charge is -2.31. The van der Waals surface area contributed by atoms with E-state index >= 15 is 0 Å². The van der Waals surface area contributed by atoms with Crippen molar-refractivity contribution in [1.29, 1.82) is 0 Å². The van der Waals surface area contributed by atoms with Gasteiger partial charge >= 0.3 is 0 Å². The summed E-state index contributed by atoms with van der Waals surface area (Å²) in [6.45, 7) is 3.19. The summed E-state index contributed by atoms with van der Waals surface area (Å²) in [6.07, 6.45) is 1.43. The van der Waals surface area contributed by atoms with Crippen molar-refractivity contribution in [3.05, 3.63) is 58.5 Å². The van der Waals surface area contributed by atoms with Gasteiger partial charge in [-0.25, -0.2) is 8.42 Å². The topological polar surface area (TPSA) is 72.8 Å². The van der Waals surface area contributed by atoms with Gasteiger partial charge in [-0.3, -0.25) is 0 Å². The minimum Gasteiger partial charge on any atom is -0.497 e. The molecule has 0 aliphatic carbocycles. The van der Waals surface area contributed by atoms with Gasteiger partial charge in [0.15, 0.2) is 0 Å². The van der Waals surface area contributed by atoms with Crippen molar-refractivity contribution in [2.75, 3.05) is 7.11 Å². The molecule has 3 rings (SSSR count). The van der Waals surface area contributed by atoms with E-state index in [9.17, 15) is 13.5 Å². The Morgan fingerprint density at radius 2 is 1.79 bits per heavy atom. The quantitative estimate of drug-likeness (QED) is 0.925. The van der Waals surface area contributed by atoms with Gasteiger partial charge in [-0.15, -0.1) is 0 Å². The van der Waals surface area contributed by atoms with Gasteiger partial charge < -0.3 is 14.6 Å². The number of sulfone groups is 1. The van der Waals surface area contributed by atoms with Gasteiger partial charge in [0.2, 0.25) is 15.6 Å². The Morgan fingerprint density at radius 1 is 1.12 bits per heavy atom. The molecule has 5 nitrogen and oxygen atoms in total. The average molecular weight is 346 g/mol. The zero-order chi connectivity index (χ0) is 17.5. The highest BCUT2D eigenvalue weighted by Gasteiger charge is 2.41. The third kappa shape index (κ3) is 2.79. The van der Waals surface area contributed by atoms with Crippen molar-refractivity contribution >= 4 is 15.9 Å². The number of aryl methyl sites for hydroxylation is 1. The molecule has 0 fully saturated rings. The number of fused-ring (bicyclic) bond motifs is 1.